The molecule has 1 aliphatic carbocycles. The van der Waals surface area contributed by atoms with Crippen LogP contribution in [0.15, 0.2) is 64.6 Å². The number of aliphatic imine (C=N–C) groups is 1. The summed E-state index contributed by atoms with van der Waals surface area (Å²) >= 11 is 1.31. The van der Waals surface area contributed by atoms with Gasteiger partial charge in [0.1, 0.15) is 11.3 Å². The molecular weight excluding hydrogens is 426 g/mol. The summed E-state index contributed by atoms with van der Waals surface area (Å²) in [5.41, 5.74) is 2.61. The first-order valence-electron chi connectivity index (χ1n) is 10.1. The van der Waals surface area contributed by atoms with E-state index in [1.807, 2.05) is 24.3 Å². The molecule has 7 nitrogen and oxygen atoms in total. The van der Waals surface area contributed by atoms with Gasteiger partial charge in [0.2, 0.25) is 0 Å². The highest BCUT2D eigenvalue weighted by Crippen LogP contribution is 2.44. The van der Waals surface area contributed by atoms with Crippen LogP contribution in [0.1, 0.15) is 33.8 Å². The molecule has 2 aliphatic rings. The van der Waals surface area contributed by atoms with Gasteiger partial charge in [-0.3, -0.25) is 14.8 Å². The van der Waals surface area contributed by atoms with E-state index in [1.165, 1.54) is 30.6 Å². The molecule has 1 aromatic heterocycles. The number of amidine groups is 1. The van der Waals surface area contributed by atoms with Crippen molar-refractivity contribution in [2.24, 2.45) is 4.99 Å². The van der Waals surface area contributed by atoms with Crippen molar-refractivity contribution in [1.29, 1.82) is 0 Å². The lowest BCUT2D eigenvalue weighted by atomic mass is 10.1. The zero-order valence-electron chi connectivity index (χ0n) is 17.1. The molecule has 2 aromatic carbocycles. The van der Waals surface area contributed by atoms with Crippen LogP contribution in [-0.4, -0.2) is 40.3 Å². The number of nitrogens with zero attached hydrogens (tertiary/aromatic N) is 2. The third-order valence-corrected chi connectivity index (χ3v) is 6.42. The Labute approximate surface area is 188 Å². The van der Waals surface area contributed by atoms with E-state index in [1.54, 1.807) is 18.2 Å². The van der Waals surface area contributed by atoms with Gasteiger partial charge in [0.25, 0.3) is 5.91 Å². The minimum atomic E-state index is -1.11. The number of fused-ring (bicyclic) bond motifs is 1. The number of methoxy groups -OCH3 is 1. The molecule has 0 spiro atoms. The van der Waals surface area contributed by atoms with Gasteiger partial charge in [-0.05, 0) is 47.5 Å². The number of benzene rings is 2. The SMILES string of the molecule is COc1c(C(=O)O)cnc2ccc(/C=C3\SC(=N[C@@H]4C[C@H]4c4ccccc4)NC3=O)cc12. The molecule has 2 N–H and O–H groups in total. The number of pyridine rings is 1. The van der Waals surface area contributed by atoms with E-state index in [4.69, 9.17) is 9.73 Å². The highest BCUT2D eigenvalue weighted by Gasteiger charge is 2.39. The Morgan fingerprint density at radius 1 is 1.28 bits per heavy atom. The number of rotatable bonds is 5. The maximum atomic E-state index is 12.5. The second kappa shape index (κ2) is 8.12. The Hall–Kier alpha value is -3.65. The molecule has 2 fully saturated rings. The molecule has 0 bridgehead atoms. The van der Waals surface area contributed by atoms with Gasteiger partial charge in [-0.1, -0.05) is 36.4 Å². The zero-order valence-corrected chi connectivity index (χ0v) is 17.9. The predicted octanol–water partition coefficient (Wildman–Crippen LogP) is 4.06. The van der Waals surface area contributed by atoms with Crippen LogP contribution in [0.2, 0.25) is 0 Å². The van der Waals surface area contributed by atoms with Crippen LogP contribution < -0.4 is 10.1 Å². The summed E-state index contributed by atoms with van der Waals surface area (Å²) in [6.07, 6.45) is 4.02. The summed E-state index contributed by atoms with van der Waals surface area (Å²) in [5, 5.41) is 13.4. The van der Waals surface area contributed by atoms with Crippen molar-refractivity contribution in [3.05, 3.63) is 76.3 Å². The average Bonchev–Trinajstić information content (AvgIpc) is 3.48. The standard InChI is InChI=1S/C24H19N3O4S/c1-31-21-16-9-13(7-8-18(16)25-12-17(21)23(29)30)10-20-22(28)27-24(32-20)26-19-11-15(19)14-5-3-2-4-6-14/h2-10,12,15,19H,11H2,1H3,(H,29,30)(H,26,27,28)/b20-10-/t15-,19+/m0/s1. The number of nitrogens with one attached hydrogen (secondary N) is 1. The van der Waals surface area contributed by atoms with Gasteiger partial charge in [-0.2, -0.15) is 0 Å². The van der Waals surface area contributed by atoms with E-state index in [2.05, 4.69) is 22.4 Å². The predicted molar refractivity (Wildman–Crippen MR) is 124 cm³/mol. The normalized spacial score (nSPS) is 22.3. The lowest BCUT2D eigenvalue weighted by Gasteiger charge is -2.09. The number of carboxylic acids is 1. The molecule has 160 valence electrons. The molecule has 3 aromatic rings. The monoisotopic (exact) mass is 445 g/mol. The molecule has 1 amide bonds. The van der Waals surface area contributed by atoms with Crippen molar-refractivity contribution in [1.82, 2.24) is 10.3 Å². The molecule has 32 heavy (non-hydrogen) atoms. The Morgan fingerprint density at radius 2 is 2.09 bits per heavy atom. The lowest BCUT2D eigenvalue weighted by Crippen LogP contribution is -2.20. The Bertz CT molecular complexity index is 1300. The third kappa shape index (κ3) is 3.85. The molecule has 2 atom stereocenters. The van der Waals surface area contributed by atoms with Crippen molar-refractivity contribution in [3.8, 4) is 5.75 Å². The number of aromatic carboxylic acids is 1. The smallest absolute Gasteiger partial charge is 0.341 e. The molecule has 5 rings (SSSR count). The largest absolute Gasteiger partial charge is 0.495 e. The summed E-state index contributed by atoms with van der Waals surface area (Å²) in [6.45, 7) is 0. The third-order valence-electron chi connectivity index (χ3n) is 5.49. The van der Waals surface area contributed by atoms with E-state index >= 15 is 0 Å². The summed E-state index contributed by atoms with van der Waals surface area (Å²) in [5.74, 6) is -0.664. The van der Waals surface area contributed by atoms with Crippen LogP contribution in [-0.2, 0) is 4.79 Å². The fraction of sp³-hybridized carbons (Fsp3) is 0.167. The Kier molecular flexibility index (Phi) is 5.14. The summed E-state index contributed by atoms with van der Waals surface area (Å²) < 4.78 is 5.34. The lowest BCUT2D eigenvalue weighted by molar-refractivity contribution is -0.115. The van der Waals surface area contributed by atoms with Crippen LogP contribution in [0.3, 0.4) is 0 Å². The number of amides is 1. The maximum Gasteiger partial charge on any atom is 0.341 e. The molecule has 2 heterocycles. The molecule has 1 saturated heterocycles. The van der Waals surface area contributed by atoms with Crippen LogP contribution in [0.5, 0.6) is 5.75 Å². The zero-order chi connectivity index (χ0) is 22.2. The van der Waals surface area contributed by atoms with Gasteiger partial charge in [-0.25, -0.2) is 4.79 Å². The first kappa shape index (κ1) is 20.3. The van der Waals surface area contributed by atoms with Gasteiger partial charge < -0.3 is 15.2 Å². The highest BCUT2D eigenvalue weighted by molar-refractivity contribution is 8.18. The number of hydrogen-bond acceptors (Lipinski definition) is 6. The fourth-order valence-corrected chi connectivity index (χ4v) is 4.70. The summed E-state index contributed by atoms with van der Waals surface area (Å²) in [6, 6.07) is 15.8. The average molecular weight is 446 g/mol. The van der Waals surface area contributed by atoms with E-state index in [0.29, 0.717) is 26.9 Å². The Morgan fingerprint density at radius 3 is 2.84 bits per heavy atom. The first-order valence-corrected chi connectivity index (χ1v) is 10.9. The van der Waals surface area contributed by atoms with Crippen molar-refractivity contribution < 1.29 is 19.4 Å². The second-order valence-corrected chi connectivity index (χ2v) is 8.64. The summed E-state index contributed by atoms with van der Waals surface area (Å²) in [4.78, 5) is 33.4. The van der Waals surface area contributed by atoms with Gasteiger partial charge >= 0.3 is 5.97 Å². The van der Waals surface area contributed by atoms with Crippen molar-refractivity contribution in [2.75, 3.05) is 7.11 Å². The maximum absolute atomic E-state index is 12.5. The van der Waals surface area contributed by atoms with Gasteiger partial charge in [0, 0.05) is 17.5 Å². The molecule has 0 radical (unpaired) electrons. The molecule has 1 saturated carbocycles. The summed E-state index contributed by atoms with van der Waals surface area (Å²) in [7, 11) is 1.43. The number of hydrogen-bond donors (Lipinski definition) is 2. The van der Waals surface area contributed by atoms with E-state index in [0.717, 1.165) is 12.0 Å². The number of aromatic nitrogens is 1. The molecule has 1 aliphatic heterocycles. The Balaban J connectivity index is 1.39. The number of thioether (sulfide) groups is 1. The minimum absolute atomic E-state index is 0.00962. The highest BCUT2D eigenvalue weighted by atomic mass is 32.2. The van der Waals surface area contributed by atoms with E-state index in [9.17, 15) is 14.7 Å². The fourth-order valence-electron chi connectivity index (χ4n) is 3.82. The molecule has 0 unspecified atom stereocenters. The number of carboxylic acid groups (broad SMARTS) is 1. The number of ether oxygens (including phenoxy) is 1. The van der Waals surface area contributed by atoms with Crippen LogP contribution in [0, 0.1) is 0 Å². The van der Waals surface area contributed by atoms with Crippen molar-refractivity contribution >= 4 is 45.8 Å². The quantitative estimate of drug-likeness (QED) is 0.575. The number of carbonyl (C=O) groups is 2. The van der Waals surface area contributed by atoms with E-state index < -0.39 is 5.97 Å². The van der Waals surface area contributed by atoms with Crippen LogP contribution in [0.4, 0.5) is 0 Å². The van der Waals surface area contributed by atoms with Crippen molar-refractivity contribution in [3.63, 3.8) is 0 Å². The first-order chi connectivity index (χ1) is 15.5. The molecule has 8 heteroatoms. The second-order valence-electron chi connectivity index (χ2n) is 7.61. The minimum Gasteiger partial charge on any atom is -0.495 e. The van der Waals surface area contributed by atoms with Crippen LogP contribution >= 0.6 is 11.8 Å². The molecular formula is C24H19N3O4S. The number of carbonyl (C=O) groups excluding carboxylic acids is 1. The van der Waals surface area contributed by atoms with Crippen LogP contribution in [0.25, 0.3) is 17.0 Å². The van der Waals surface area contributed by atoms with Gasteiger partial charge in [0.05, 0.1) is 23.6 Å². The van der Waals surface area contributed by atoms with Gasteiger partial charge in [0.15, 0.2) is 5.17 Å². The van der Waals surface area contributed by atoms with Crippen molar-refractivity contribution in [2.45, 2.75) is 18.4 Å². The van der Waals surface area contributed by atoms with Gasteiger partial charge in [-0.15, -0.1) is 0 Å². The van der Waals surface area contributed by atoms with E-state index in [-0.39, 0.29) is 23.3 Å². The topological polar surface area (TPSA) is 101 Å².